The molecule has 1 aliphatic rings. The van der Waals surface area contributed by atoms with E-state index in [2.05, 4.69) is 54.1 Å². The quantitative estimate of drug-likeness (QED) is 0.309. The summed E-state index contributed by atoms with van der Waals surface area (Å²) >= 11 is 5.31. The Bertz CT molecular complexity index is 695. The Labute approximate surface area is 187 Å². The summed E-state index contributed by atoms with van der Waals surface area (Å²) in [7, 11) is 0. The van der Waals surface area contributed by atoms with Gasteiger partial charge in [-0.2, -0.15) is 0 Å². The number of aryl methyl sites for hydroxylation is 2. The van der Waals surface area contributed by atoms with E-state index in [1.54, 1.807) is 11.3 Å². The molecule has 29 heavy (non-hydrogen) atoms. The maximum absolute atomic E-state index is 10.8. The zero-order valence-corrected chi connectivity index (χ0v) is 19.8. The Morgan fingerprint density at radius 2 is 2.21 bits per heavy atom. The lowest BCUT2D eigenvalue weighted by Crippen LogP contribution is -2.18. The second-order valence-corrected chi connectivity index (χ2v) is 10.4. The van der Waals surface area contributed by atoms with Crippen molar-refractivity contribution in [3.8, 4) is 0 Å². The fourth-order valence-electron chi connectivity index (χ4n) is 4.09. The highest BCUT2D eigenvalue weighted by Crippen LogP contribution is 2.40. The average molecular weight is 485 g/mol. The highest BCUT2D eigenvalue weighted by Gasteiger charge is 2.37. The van der Waals surface area contributed by atoms with Gasteiger partial charge in [0, 0.05) is 20.6 Å². The molecule has 1 aromatic heterocycles. The van der Waals surface area contributed by atoms with Crippen LogP contribution in [0.15, 0.2) is 34.8 Å². The molecule has 1 aromatic rings. The number of carbonyl (C=O) groups excluding carboxylic acids is 1. The molecule has 1 amide bonds. The lowest BCUT2D eigenvalue weighted by molar-refractivity contribution is -0.118. The van der Waals surface area contributed by atoms with Crippen LogP contribution in [0.3, 0.4) is 0 Å². The number of carbonyl (C=O) groups is 1. The van der Waals surface area contributed by atoms with Crippen molar-refractivity contribution in [2.75, 3.05) is 0 Å². The molecular weight excluding hydrogens is 450 g/mol. The van der Waals surface area contributed by atoms with Crippen LogP contribution < -0.4 is 5.73 Å². The number of hydrogen-bond donors (Lipinski definition) is 3. The third-order valence-electron chi connectivity index (χ3n) is 5.78. The van der Waals surface area contributed by atoms with Crippen LogP contribution in [0.5, 0.6) is 0 Å². The summed E-state index contributed by atoms with van der Waals surface area (Å²) in [5.41, 5.74) is 5.15. The highest BCUT2D eigenvalue weighted by atomic mass is 79.9. The summed E-state index contributed by atoms with van der Waals surface area (Å²) < 4.78 is 1.14. The van der Waals surface area contributed by atoms with E-state index in [0.29, 0.717) is 18.8 Å². The normalized spacial score (nSPS) is 26.0. The summed E-state index contributed by atoms with van der Waals surface area (Å²) in [5.74, 6) is 0.589. The van der Waals surface area contributed by atoms with E-state index in [1.165, 1.54) is 9.75 Å². The Kier molecular flexibility index (Phi) is 10.1. The number of nitrogens with two attached hydrogens (primary N) is 1. The van der Waals surface area contributed by atoms with Gasteiger partial charge in [-0.25, -0.2) is 0 Å². The fraction of sp³-hybridized carbons (Fsp3) is 0.609. The second kappa shape index (κ2) is 12.0. The van der Waals surface area contributed by atoms with Crippen LogP contribution in [-0.2, 0) is 11.2 Å². The van der Waals surface area contributed by atoms with Crippen molar-refractivity contribution in [1.29, 1.82) is 0 Å². The molecule has 1 aliphatic carbocycles. The van der Waals surface area contributed by atoms with Gasteiger partial charge in [-0.3, -0.25) is 4.79 Å². The number of aliphatic hydroxyl groups excluding tert-OH is 2. The molecule has 1 saturated carbocycles. The second-order valence-electron chi connectivity index (χ2n) is 8.19. The molecule has 0 saturated heterocycles. The first kappa shape index (κ1) is 24.3. The molecule has 4 nitrogen and oxygen atoms in total. The van der Waals surface area contributed by atoms with Crippen LogP contribution in [0.1, 0.15) is 55.2 Å². The van der Waals surface area contributed by atoms with Crippen molar-refractivity contribution >= 4 is 33.2 Å². The smallest absolute Gasteiger partial charge is 0.217 e. The fourth-order valence-corrected chi connectivity index (χ4v) is 5.70. The molecule has 0 aromatic carbocycles. The maximum Gasteiger partial charge on any atom is 0.217 e. The first-order valence-corrected chi connectivity index (χ1v) is 12.1. The summed E-state index contributed by atoms with van der Waals surface area (Å²) in [6.45, 7) is 4.26. The van der Waals surface area contributed by atoms with Gasteiger partial charge in [0.05, 0.1) is 12.2 Å². The number of amides is 1. The molecule has 4 N–H and O–H groups in total. The standard InChI is InChI=1S/C23H34BrNO3S/c1-15-13-22(27)20(7-5-3-4-6-8-23(25)28)19(15)12-10-17(26)9-11-18-14-21(24)16(2)29-18/h3,5,10,12,14-15,17,19-20,22,26-27H,4,6-9,11,13H2,1-2H3,(H2,25,28)/b5-3-,12-10+/t15?,17-,19-,20+,22?/m0/s1. The monoisotopic (exact) mass is 483 g/mol. The number of primary amides is 1. The molecule has 2 rings (SSSR count). The zero-order chi connectivity index (χ0) is 21.4. The topological polar surface area (TPSA) is 83.6 Å². The molecule has 5 atom stereocenters. The molecule has 2 unspecified atom stereocenters. The molecule has 1 heterocycles. The van der Waals surface area contributed by atoms with E-state index < -0.39 is 6.10 Å². The summed E-state index contributed by atoms with van der Waals surface area (Å²) in [4.78, 5) is 13.3. The molecule has 0 radical (unpaired) electrons. The van der Waals surface area contributed by atoms with Crippen LogP contribution in [0.4, 0.5) is 0 Å². The van der Waals surface area contributed by atoms with Gasteiger partial charge < -0.3 is 15.9 Å². The minimum atomic E-state index is -0.467. The zero-order valence-electron chi connectivity index (χ0n) is 17.4. The number of hydrogen-bond acceptors (Lipinski definition) is 4. The molecule has 162 valence electrons. The summed E-state index contributed by atoms with van der Waals surface area (Å²) in [6.07, 6.45) is 12.7. The minimum Gasteiger partial charge on any atom is -0.393 e. The summed E-state index contributed by atoms with van der Waals surface area (Å²) in [5, 5.41) is 20.9. The van der Waals surface area contributed by atoms with Crippen molar-refractivity contribution in [3.05, 3.63) is 44.6 Å². The van der Waals surface area contributed by atoms with Gasteiger partial charge in [-0.15, -0.1) is 11.3 Å². The van der Waals surface area contributed by atoms with Crippen LogP contribution in [0, 0.1) is 24.7 Å². The number of rotatable bonds is 11. The van der Waals surface area contributed by atoms with Crippen molar-refractivity contribution < 1.29 is 15.0 Å². The molecule has 0 aliphatic heterocycles. The first-order chi connectivity index (χ1) is 13.8. The van der Waals surface area contributed by atoms with Crippen LogP contribution >= 0.6 is 27.3 Å². The number of aliphatic hydroxyl groups is 2. The highest BCUT2D eigenvalue weighted by molar-refractivity contribution is 9.10. The molecule has 0 spiro atoms. The molecular formula is C23H34BrNO3S. The summed E-state index contributed by atoms with van der Waals surface area (Å²) in [6, 6.07) is 2.14. The number of unbranched alkanes of at least 4 members (excludes halogenated alkanes) is 1. The van der Waals surface area contributed by atoms with E-state index in [4.69, 9.17) is 5.73 Å². The SMILES string of the molecule is Cc1sc(CC[C@H](O)/C=C/[C@H]2C(C)CC(O)[C@@H]2C/C=C\CCCC(N)=O)cc1Br. The number of allylic oxidation sites excluding steroid dienone is 3. The Morgan fingerprint density at radius 3 is 2.86 bits per heavy atom. The van der Waals surface area contributed by atoms with Gasteiger partial charge in [-0.1, -0.05) is 31.2 Å². The van der Waals surface area contributed by atoms with Crippen LogP contribution in [0.2, 0.25) is 0 Å². The van der Waals surface area contributed by atoms with E-state index in [0.717, 1.165) is 36.6 Å². The number of halogens is 1. The van der Waals surface area contributed by atoms with Crippen molar-refractivity contribution in [3.63, 3.8) is 0 Å². The molecule has 0 bridgehead atoms. The Morgan fingerprint density at radius 1 is 1.45 bits per heavy atom. The van der Waals surface area contributed by atoms with Crippen molar-refractivity contribution in [2.45, 2.75) is 71.0 Å². The van der Waals surface area contributed by atoms with Crippen LogP contribution in [0.25, 0.3) is 0 Å². The predicted molar refractivity (Wildman–Crippen MR) is 124 cm³/mol. The van der Waals surface area contributed by atoms with Gasteiger partial charge in [0.25, 0.3) is 0 Å². The van der Waals surface area contributed by atoms with E-state index in [-0.39, 0.29) is 23.8 Å². The molecule has 6 heteroatoms. The van der Waals surface area contributed by atoms with E-state index in [1.807, 2.05) is 6.08 Å². The Balaban J connectivity index is 1.83. The van der Waals surface area contributed by atoms with Crippen molar-refractivity contribution in [1.82, 2.24) is 0 Å². The maximum atomic E-state index is 10.8. The largest absolute Gasteiger partial charge is 0.393 e. The average Bonchev–Trinajstić information content (AvgIpc) is 3.11. The molecule has 1 fully saturated rings. The third kappa shape index (κ3) is 8.00. The van der Waals surface area contributed by atoms with Gasteiger partial charge in [0.1, 0.15) is 0 Å². The van der Waals surface area contributed by atoms with Gasteiger partial charge in [0.2, 0.25) is 5.91 Å². The van der Waals surface area contributed by atoms with E-state index in [9.17, 15) is 15.0 Å². The van der Waals surface area contributed by atoms with Gasteiger partial charge in [-0.05, 0) is 85.2 Å². The van der Waals surface area contributed by atoms with Crippen molar-refractivity contribution in [2.24, 2.45) is 23.5 Å². The predicted octanol–water partition coefficient (Wildman–Crippen LogP) is 4.90. The Hall–Kier alpha value is -0.950. The lowest BCUT2D eigenvalue weighted by atomic mass is 9.86. The minimum absolute atomic E-state index is 0.178. The van der Waals surface area contributed by atoms with Gasteiger partial charge in [0.15, 0.2) is 0 Å². The van der Waals surface area contributed by atoms with E-state index >= 15 is 0 Å². The van der Waals surface area contributed by atoms with Crippen LogP contribution in [-0.4, -0.2) is 28.3 Å². The third-order valence-corrected chi connectivity index (χ3v) is 7.97. The lowest BCUT2D eigenvalue weighted by Gasteiger charge is -2.20. The van der Waals surface area contributed by atoms with Gasteiger partial charge >= 0.3 is 0 Å². The number of thiophene rings is 1. The first-order valence-electron chi connectivity index (χ1n) is 10.5.